The summed E-state index contributed by atoms with van der Waals surface area (Å²) in [6.45, 7) is 13.2. The number of piperazine rings is 1. The summed E-state index contributed by atoms with van der Waals surface area (Å²) in [7, 11) is -1.58. The maximum absolute atomic E-state index is 13.5. The van der Waals surface area contributed by atoms with Crippen molar-refractivity contribution in [2.75, 3.05) is 38.5 Å². The molecule has 2 unspecified atom stereocenters. The van der Waals surface area contributed by atoms with E-state index in [1.165, 1.54) is 48.7 Å². The number of hydrogen-bond donors (Lipinski definition) is 5. The predicted octanol–water partition coefficient (Wildman–Crippen LogP) is 3.10. The normalized spacial score (nSPS) is 17.2. The quantitative estimate of drug-likeness (QED) is 0.122. The van der Waals surface area contributed by atoms with Crippen LogP contribution in [0.15, 0.2) is 72.6 Å². The largest absolute Gasteiger partial charge is 0.484 e. The lowest BCUT2D eigenvalue weighted by molar-refractivity contribution is 0.0900. The number of halogens is 3. The molecule has 0 amide bonds. The number of hydrazine groups is 1. The molecule has 0 spiro atoms. The van der Waals surface area contributed by atoms with Gasteiger partial charge in [0.05, 0.1) is 17.3 Å². The summed E-state index contributed by atoms with van der Waals surface area (Å²) >= 11 is 0. The predicted molar refractivity (Wildman–Crippen MR) is 162 cm³/mol. The number of anilines is 1. The number of sulfonamides is 1. The number of rotatable bonds is 14. The van der Waals surface area contributed by atoms with Crippen LogP contribution >= 0.6 is 0 Å². The van der Waals surface area contributed by atoms with E-state index in [9.17, 15) is 21.6 Å². The molecule has 3 rings (SSSR count). The van der Waals surface area contributed by atoms with E-state index in [4.69, 9.17) is 10.5 Å². The topological polar surface area (TPSA) is 136 Å². The molecule has 15 heteroatoms. The number of nitrogens with two attached hydrogens (primary N) is 1. The van der Waals surface area contributed by atoms with Crippen molar-refractivity contribution in [3.8, 4) is 5.75 Å². The Labute approximate surface area is 250 Å². The van der Waals surface area contributed by atoms with Gasteiger partial charge in [-0.25, -0.2) is 12.8 Å². The van der Waals surface area contributed by atoms with Gasteiger partial charge in [0.25, 0.3) is 10.0 Å². The summed E-state index contributed by atoms with van der Waals surface area (Å²) in [5, 5.41) is 14.4. The van der Waals surface area contributed by atoms with Crippen LogP contribution in [0.5, 0.6) is 5.75 Å². The minimum absolute atomic E-state index is 0.0556. The van der Waals surface area contributed by atoms with Crippen molar-refractivity contribution >= 4 is 21.4 Å². The Hall–Kier alpha value is -3.79. The molecule has 43 heavy (non-hydrogen) atoms. The van der Waals surface area contributed by atoms with E-state index in [1.54, 1.807) is 26.0 Å². The molecule has 1 aliphatic heterocycles. The van der Waals surface area contributed by atoms with Gasteiger partial charge in [-0.05, 0) is 43.0 Å². The zero-order valence-corrected chi connectivity index (χ0v) is 25.4. The molecule has 236 valence electrons. The molecule has 0 aromatic heterocycles. The van der Waals surface area contributed by atoms with E-state index in [-0.39, 0.29) is 11.4 Å². The Morgan fingerprint density at radius 2 is 1.91 bits per heavy atom. The molecule has 0 radical (unpaired) electrons. The van der Waals surface area contributed by atoms with E-state index >= 15 is 0 Å². The Morgan fingerprint density at radius 3 is 2.49 bits per heavy atom. The summed E-state index contributed by atoms with van der Waals surface area (Å²) in [6.07, 6.45) is 0.733. The molecule has 0 aliphatic carbocycles. The van der Waals surface area contributed by atoms with Gasteiger partial charge in [-0.1, -0.05) is 38.3 Å². The molecule has 1 saturated heterocycles. The summed E-state index contributed by atoms with van der Waals surface area (Å²) < 4.78 is 72.2. The molecule has 2 aromatic rings. The SMILES string of the molecule is C=CNC(N)(NN1CCNCC1=C)C(C)/C(=N\N(C)C)c1ccc(NS(=O)(=O)C(F)F)c(O[C@@H](C)c2ccc(F)cc2)c1. The molecule has 2 aromatic carbocycles. The Bertz CT molecular complexity index is 1420. The number of ether oxygens (including phenoxy) is 1. The van der Waals surface area contributed by atoms with Gasteiger partial charge >= 0.3 is 5.76 Å². The van der Waals surface area contributed by atoms with Crippen LogP contribution < -0.4 is 31.3 Å². The lowest BCUT2D eigenvalue weighted by atomic mass is 9.91. The molecular formula is C28H39F3N8O3S. The maximum Gasteiger partial charge on any atom is 0.355 e. The van der Waals surface area contributed by atoms with Gasteiger partial charge in [0.1, 0.15) is 17.7 Å². The molecule has 3 atom stereocenters. The molecule has 6 N–H and O–H groups in total. The average molecular weight is 625 g/mol. The molecule has 1 heterocycles. The van der Waals surface area contributed by atoms with Crippen molar-refractivity contribution < 1.29 is 26.3 Å². The highest BCUT2D eigenvalue weighted by Gasteiger charge is 2.38. The van der Waals surface area contributed by atoms with E-state index < -0.39 is 39.4 Å². The van der Waals surface area contributed by atoms with Crippen molar-refractivity contribution in [3.63, 3.8) is 0 Å². The van der Waals surface area contributed by atoms with Crippen LogP contribution in [-0.4, -0.2) is 69.4 Å². The smallest absolute Gasteiger partial charge is 0.355 e. The van der Waals surface area contributed by atoms with Gasteiger partial charge in [-0.3, -0.25) is 10.5 Å². The summed E-state index contributed by atoms with van der Waals surface area (Å²) in [5.74, 6) is -6.11. The van der Waals surface area contributed by atoms with Gasteiger partial charge < -0.3 is 25.4 Å². The summed E-state index contributed by atoms with van der Waals surface area (Å²) in [5.41, 5.74) is 12.2. The molecule has 1 fully saturated rings. The maximum atomic E-state index is 13.5. The number of hydrogen-bond acceptors (Lipinski definition) is 10. The van der Waals surface area contributed by atoms with Crippen LogP contribution in [0.3, 0.4) is 0 Å². The van der Waals surface area contributed by atoms with Crippen LogP contribution in [0, 0.1) is 11.7 Å². The van der Waals surface area contributed by atoms with E-state index in [1.807, 2.05) is 16.7 Å². The molecule has 0 bridgehead atoms. The van der Waals surface area contributed by atoms with Crippen molar-refractivity contribution in [2.45, 2.75) is 31.5 Å². The van der Waals surface area contributed by atoms with Crippen LogP contribution in [0.2, 0.25) is 0 Å². The lowest BCUT2D eigenvalue weighted by Gasteiger charge is -2.44. The summed E-state index contributed by atoms with van der Waals surface area (Å²) in [4.78, 5) is 0. The van der Waals surface area contributed by atoms with Crippen molar-refractivity contribution in [2.24, 2.45) is 16.8 Å². The van der Waals surface area contributed by atoms with E-state index in [0.29, 0.717) is 36.5 Å². The number of nitrogens with one attached hydrogen (secondary N) is 4. The summed E-state index contributed by atoms with van der Waals surface area (Å²) in [6, 6.07) is 9.84. The van der Waals surface area contributed by atoms with Crippen LogP contribution in [0.25, 0.3) is 0 Å². The zero-order chi connectivity index (χ0) is 31.9. The van der Waals surface area contributed by atoms with Gasteiger partial charge in [0, 0.05) is 45.0 Å². The Morgan fingerprint density at radius 1 is 1.23 bits per heavy atom. The monoisotopic (exact) mass is 624 g/mol. The van der Waals surface area contributed by atoms with Gasteiger partial charge in [-0.15, -0.1) is 0 Å². The second-order valence-corrected chi connectivity index (χ2v) is 11.9. The third-order valence-electron chi connectivity index (χ3n) is 6.69. The first-order valence-electron chi connectivity index (χ1n) is 13.4. The van der Waals surface area contributed by atoms with Crippen molar-refractivity contribution in [1.82, 2.24) is 26.1 Å². The highest BCUT2D eigenvalue weighted by atomic mass is 32.2. The highest BCUT2D eigenvalue weighted by molar-refractivity contribution is 7.93. The Kier molecular flexibility index (Phi) is 11.1. The lowest BCUT2D eigenvalue weighted by Crippen LogP contribution is -2.72. The third kappa shape index (κ3) is 8.63. The van der Waals surface area contributed by atoms with E-state index in [2.05, 4.69) is 34.3 Å². The fourth-order valence-electron chi connectivity index (χ4n) is 4.34. The Balaban J connectivity index is 2.09. The molecule has 0 saturated carbocycles. The second kappa shape index (κ2) is 14.1. The standard InChI is InChI=1S/C28H39F3N8O3S/c1-7-34-28(32,37-39-15-14-33-17-18(39)2)19(3)26(35-38(5)6)22-10-13-24(36-43(40,41)27(30)31)25(16-22)42-20(4)21-8-11-23(29)12-9-21/h7-13,16,19-20,27,33-34,36-37H,1-2,14-15,17,32H2,3-6H3/b35-26+/t19?,20-,28?/m0/s1. The molecular weight excluding hydrogens is 585 g/mol. The second-order valence-electron chi connectivity index (χ2n) is 10.2. The first kappa shape index (κ1) is 33.7. The first-order valence-corrected chi connectivity index (χ1v) is 14.9. The first-order chi connectivity index (χ1) is 20.2. The zero-order valence-electron chi connectivity index (χ0n) is 24.6. The van der Waals surface area contributed by atoms with Gasteiger partial charge in [-0.2, -0.15) is 19.3 Å². The van der Waals surface area contributed by atoms with Gasteiger partial charge in [0.15, 0.2) is 5.79 Å². The van der Waals surface area contributed by atoms with Crippen molar-refractivity contribution in [3.05, 3.63) is 84.5 Å². The van der Waals surface area contributed by atoms with Crippen LogP contribution in [0.4, 0.5) is 18.9 Å². The van der Waals surface area contributed by atoms with Crippen LogP contribution in [-0.2, 0) is 10.0 Å². The highest BCUT2D eigenvalue weighted by Crippen LogP contribution is 2.33. The minimum atomic E-state index is -5.02. The van der Waals surface area contributed by atoms with Gasteiger partial charge in [0.2, 0.25) is 0 Å². The fourth-order valence-corrected chi connectivity index (χ4v) is 4.90. The average Bonchev–Trinajstić information content (AvgIpc) is 2.93. The minimum Gasteiger partial charge on any atom is -0.484 e. The fraction of sp³-hybridized carbons (Fsp3) is 0.393. The van der Waals surface area contributed by atoms with E-state index in [0.717, 1.165) is 5.70 Å². The number of benzene rings is 2. The third-order valence-corrected chi connectivity index (χ3v) is 7.67. The molecule has 1 aliphatic rings. The van der Waals surface area contributed by atoms with Crippen molar-refractivity contribution in [1.29, 1.82) is 0 Å². The van der Waals surface area contributed by atoms with Crippen LogP contribution in [0.1, 0.15) is 31.1 Å². The number of nitrogens with zero attached hydrogens (tertiary/aromatic N) is 3. The molecule has 11 nitrogen and oxygen atoms in total. The number of alkyl halides is 2. The number of hydrazone groups is 1.